The molecule has 1 aromatic carbocycles. The Bertz CT molecular complexity index is 1290. The Hall–Kier alpha value is -3.41. The van der Waals surface area contributed by atoms with Crippen molar-refractivity contribution < 1.29 is 23.5 Å². The smallest absolute Gasteiger partial charge is 0.330 e. The van der Waals surface area contributed by atoms with Gasteiger partial charge in [0, 0.05) is 37.0 Å². The van der Waals surface area contributed by atoms with Crippen LogP contribution < -0.4 is 29.9 Å². The third kappa shape index (κ3) is 5.21. The molecule has 2 heterocycles. The zero-order valence-electron chi connectivity index (χ0n) is 22.9. The lowest BCUT2D eigenvalue weighted by atomic mass is 9.68. The quantitative estimate of drug-likeness (QED) is 0.401. The third-order valence-corrected chi connectivity index (χ3v) is 9.13. The van der Waals surface area contributed by atoms with Gasteiger partial charge in [0.15, 0.2) is 11.6 Å². The average Bonchev–Trinajstić information content (AvgIpc) is 2.92. The van der Waals surface area contributed by atoms with Gasteiger partial charge in [-0.05, 0) is 53.1 Å². The number of nitrogens with one attached hydrogen (secondary N) is 2. The summed E-state index contributed by atoms with van der Waals surface area (Å²) >= 11 is 3.39. The summed E-state index contributed by atoms with van der Waals surface area (Å²) in [7, 11) is 4.40. The Kier molecular flexibility index (Phi) is 8.16. The van der Waals surface area contributed by atoms with Crippen molar-refractivity contribution in [3.8, 4) is 11.5 Å². The molecule has 0 bridgehead atoms. The van der Waals surface area contributed by atoms with Crippen LogP contribution in [0.25, 0.3) is 0 Å². The molecule has 40 heavy (non-hydrogen) atoms. The number of ether oxygens (including phenoxy) is 2. The van der Waals surface area contributed by atoms with Crippen molar-refractivity contribution in [3.05, 3.63) is 40.8 Å². The van der Waals surface area contributed by atoms with Gasteiger partial charge in [0.25, 0.3) is 0 Å². The fourth-order valence-corrected chi connectivity index (χ4v) is 6.61. The van der Waals surface area contributed by atoms with Gasteiger partial charge >= 0.3 is 6.03 Å². The van der Waals surface area contributed by atoms with E-state index in [-0.39, 0.29) is 36.0 Å². The SMILES string of the molecule is C=CC(=O)N[C@H]1CCC(C2CCC2)C[C@H]1Nc1ncc2c(n1)N(C)C(=O)N(c1c(F)c(OC)cc(OC)c1Br)C2. The first-order valence-electron chi connectivity index (χ1n) is 13.5. The van der Waals surface area contributed by atoms with Gasteiger partial charge in [0.2, 0.25) is 11.9 Å². The first-order chi connectivity index (χ1) is 19.2. The number of benzene rings is 1. The minimum absolute atomic E-state index is 0.00550. The average molecular weight is 618 g/mol. The number of hydrogen-bond donors (Lipinski definition) is 2. The van der Waals surface area contributed by atoms with Gasteiger partial charge in [-0.3, -0.25) is 14.6 Å². The topological polar surface area (TPSA) is 109 Å². The van der Waals surface area contributed by atoms with Gasteiger partial charge in [-0.25, -0.2) is 14.2 Å². The normalized spacial score (nSPS) is 22.7. The summed E-state index contributed by atoms with van der Waals surface area (Å²) in [6.07, 6.45) is 9.57. The number of urea groups is 1. The molecule has 2 aromatic rings. The van der Waals surface area contributed by atoms with Crippen molar-refractivity contribution >= 4 is 45.3 Å². The Balaban J connectivity index is 1.41. The summed E-state index contributed by atoms with van der Waals surface area (Å²) < 4.78 is 26.2. The molecule has 3 amide bonds. The molecule has 2 aliphatic carbocycles. The van der Waals surface area contributed by atoms with Gasteiger partial charge in [-0.15, -0.1) is 0 Å². The van der Waals surface area contributed by atoms with Crippen molar-refractivity contribution in [1.82, 2.24) is 15.3 Å². The number of carbonyl (C=O) groups excluding carboxylic acids is 2. The summed E-state index contributed by atoms with van der Waals surface area (Å²) in [5.41, 5.74) is 0.652. The number of aromatic nitrogens is 2. The number of rotatable bonds is 8. The van der Waals surface area contributed by atoms with Crippen LogP contribution in [-0.4, -0.2) is 55.3 Å². The maximum atomic E-state index is 15.4. The van der Waals surface area contributed by atoms with Crippen molar-refractivity contribution in [2.24, 2.45) is 11.8 Å². The maximum absolute atomic E-state index is 15.4. The third-order valence-electron chi connectivity index (χ3n) is 8.36. The second-order valence-corrected chi connectivity index (χ2v) is 11.4. The molecule has 214 valence electrons. The van der Waals surface area contributed by atoms with Crippen molar-refractivity contribution in [3.63, 3.8) is 0 Å². The molecule has 2 saturated carbocycles. The number of fused-ring (bicyclic) bond motifs is 1. The molecule has 1 aromatic heterocycles. The number of nitrogens with zero attached hydrogens (tertiary/aromatic N) is 4. The Morgan fingerprint density at radius 3 is 2.58 bits per heavy atom. The maximum Gasteiger partial charge on any atom is 0.330 e. The van der Waals surface area contributed by atoms with E-state index in [1.807, 2.05) is 0 Å². The Morgan fingerprint density at radius 2 is 1.93 bits per heavy atom. The van der Waals surface area contributed by atoms with Crippen LogP contribution in [0.3, 0.4) is 0 Å². The second-order valence-electron chi connectivity index (χ2n) is 10.6. The lowest BCUT2D eigenvalue weighted by Crippen LogP contribution is -2.51. The van der Waals surface area contributed by atoms with Gasteiger partial charge in [0.1, 0.15) is 17.3 Å². The molecule has 5 rings (SSSR count). The first-order valence-corrected chi connectivity index (χ1v) is 14.3. The highest BCUT2D eigenvalue weighted by atomic mass is 79.9. The standard InChI is InChI=1S/C28H34BrFN6O4/c1-5-22(37)32-18-10-9-16(15-7-6-8-15)11-19(18)33-27-31-13-17-14-36(28(38)35(2)26(17)34-27)25-23(29)20(39-3)12-21(40-4)24(25)30/h5,12-13,15-16,18-19H,1,6-11,14H2,2-4H3,(H,32,37)(H,31,33,34)/t16?,18-,19+/m0/s1. The summed E-state index contributed by atoms with van der Waals surface area (Å²) in [5, 5.41) is 6.51. The number of anilines is 3. The molecule has 3 atom stereocenters. The molecule has 1 unspecified atom stereocenters. The van der Waals surface area contributed by atoms with Gasteiger partial charge in [-0.1, -0.05) is 25.8 Å². The number of halogens is 2. The van der Waals surface area contributed by atoms with E-state index in [2.05, 4.69) is 43.1 Å². The number of methoxy groups -OCH3 is 2. The zero-order valence-corrected chi connectivity index (χ0v) is 24.5. The number of hydrogen-bond acceptors (Lipinski definition) is 7. The summed E-state index contributed by atoms with van der Waals surface area (Å²) in [5.74, 6) is 1.52. The number of carbonyl (C=O) groups is 2. The lowest BCUT2D eigenvalue weighted by Gasteiger charge is -2.43. The lowest BCUT2D eigenvalue weighted by molar-refractivity contribution is -0.117. The summed E-state index contributed by atoms with van der Waals surface area (Å²) in [6, 6.07) is 0.809. The molecule has 0 saturated heterocycles. The van der Waals surface area contributed by atoms with E-state index in [4.69, 9.17) is 9.47 Å². The van der Waals surface area contributed by atoms with E-state index in [9.17, 15) is 9.59 Å². The Labute approximate surface area is 241 Å². The second kappa shape index (κ2) is 11.6. The predicted molar refractivity (Wildman–Crippen MR) is 153 cm³/mol. The first kappa shape index (κ1) is 28.1. The Morgan fingerprint density at radius 1 is 1.18 bits per heavy atom. The molecule has 10 nitrogen and oxygen atoms in total. The predicted octanol–water partition coefficient (Wildman–Crippen LogP) is 5.02. The monoisotopic (exact) mass is 616 g/mol. The summed E-state index contributed by atoms with van der Waals surface area (Å²) in [6.45, 7) is 3.63. The highest BCUT2D eigenvalue weighted by Crippen LogP contribution is 2.45. The van der Waals surface area contributed by atoms with Gasteiger partial charge in [-0.2, -0.15) is 4.98 Å². The van der Waals surface area contributed by atoms with Crippen molar-refractivity contribution in [2.75, 3.05) is 36.4 Å². The van der Waals surface area contributed by atoms with E-state index < -0.39 is 11.8 Å². The largest absolute Gasteiger partial charge is 0.495 e. The van der Waals surface area contributed by atoms with Crippen LogP contribution in [0.1, 0.15) is 44.1 Å². The fraction of sp³-hybridized carbons (Fsp3) is 0.500. The molecule has 2 fully saturated rings. The molecular weight excluding hydrogens is 583 g/mol. The molecule has 3 aliphatic rings. The molecule has 0 radical (unpaired) electrons. The minimum Gasteiger partial charge on any atom is -0.495 e. The number of amides is 3. The van der Waals surface area contributed by atoms with Crippen LogP contribution in [0.2, 0.25) is 0 Å². The van der Waals surface area contributed by atoms with E-state index in [0.29, 0.717) is 33.5 Å². The minimum atomic E-state index is -0.689. The highest BCUT2D eigenvalue weighted by molar-refractivity contribution is 9.10. The molecule has 0 spiro atoms. The van der Waals surface area contributed by atoms with Crippen LogP contribution in [-0.2, 0) is 11.3 Å². The van der Waals surface area contributed by atoms with Crippen LogP contribution in [0.4, 0.5) is 26.6 Å². The molecular formula is C28H34BrFN6O4. The van der Waals surface area contributed by atoms with Crippen LogP contribution in [0, 0.1) is 17.7 Å². The fourth-order valence-electron chi connectivity index (χ4n) is 5.95. The zero-order chi connectivity index (χ0) is 28.6. The van der Waals surface area contributed by atoms with Crippen LogP contribution in [0.15, 0.2) is 29.4 Å². The van der Waals surface area contributed by atoms with Gasteiger partial charge < -0.3 is 20.1 Å². The molecule has 12 heteroatoms. The molecule has 1 aliphatic heterocycles. The van der Waals surface area contributed by atoms with E-state index in [0.717, 1.165) is 25.2 Å². The summed E-state index contributed by atoms with van der Waals surface area (Å²) in [4.78, 5) is 37.5. The molecule has 2 N–H and O–H groups in total. The highest BCUT2D eigenvalue weighted by Gasteiger charge is 2.38. The van der Waals surface area contributed by atoms with E-state index in [1.54, 1.807) is 13.2 Å². The van der Waals surface area contributed by atoms with Crippen molar-refractivity contribution in [1.29, 1.82) is 0 Å². The van der Waals surface area contributed by atoms with E-state index in [1.165, 1.54) is 55.4 Å². The van der Waals surface area contributed by atoms with Crippen LogP contribution in [0.5, 0.6) is 11.5 Å². The van der Waals surface area contributed by atoms with E-state index >= 15 is 4.39 Å². The van der Waals surface area contributed by atoms with Gasteiger partial charge in [0.05, 0.1) is 25.2 Å². The van der Waals surface area contributed by atoms with Crippen molar-refractivity contribution in [2.45, 2.75) is 57.2 Å². The van der Waals surface area contributed by atoms with Crippen LogP contribution >= 0.6 is 15.9 Å².